The van der Waals surface area contributed by atoms with Crippen LogP contribution in [0.15, 0.2) is 36.4 Å². The van der Waals surface area contributed by atoms with Crippen molar-refractivity contribution in [3.63, 3.8) is 0 Å². The van der Waals surface area contributed by atoms with Crippen LogP contribution in [0.1, 0.15) is 32.8 Å². The Morgan fingerprint density at radius 2 is 1.54 bits per heavy atom. The van der Waals surface area contributed by atoms with Crippen LogP contribution in [-0.4, -0.2) is 50.0 Å². The summed E-state index contributed by atoms with van der Waals surface area (Å²) in [5.74, 6) is -1.04. The Kier molecular flexibility index (Phi) is 10.5. The molecule has 2 aromatic carbocycles. The molecule has 0 bridgehead atoms. The van der Waals surface area contributed by atoms with E-state index < -0.39 is 34.4 Å². The molecule has 2 rings (SSSR count). The van der Waals surface area contributed by atoms with Gasteiger partial charge in [-0.15, -0.1) is 0 Å². The number of benzene rings is 2. The minimum atomic E-state index is -3.92. The van der Waals surface area contributed by atoms with Crippen molar-refractivity contribution in [2.75, 3.05) is 17.1 Å². The molecular formula is C23H27Cl4N3O4S. The molecule has 0 spiro atoms. The summed E-state index contributed by atoms with van der Waals surface area (Å²) in [5.41, 5.74) is 0.551. The van der Waals surface area contributed by atoms with Gasteiger partial charge < -0.3 is 10.2 Å². The van der Waals surface area contributed by atoms with E-state index in [9.17, 15) is 18.0 Å². The van der Waals surface area contributed by atoms with Gasteiger partial charge in [0.05, 0.1) is 11.9 Å². The lowest BCUT2D eigenvalue weighted by molar-refractivity contribution is -0.139. The topological polar surface area (TPSA) is 86.8 Å². The number of carbonyl (C=O) groups is 2. The molecule has 192 valence electrons. The summed E-state index contributed by atoms with van der Waals surface area (Å²) in [6, 6.07) is 8.04. The number of hydrogen-bond donors (Lipinski definition) is 1. The van der Waals surface area contributed by atoms with E-state index in [0.29, 0.717) is 22.0 Å². The number of sulfonamides is 1. The fraction of sp³-hybridized carbons (Fsp3) is 0.391. The Morgan fingerprint density at radius 3 is 2.03 bits per heavy atom. The maximum Gasteiger partial charge on any atom is 0.244 e. The van der Waals surface area contributed by atoms with Gasteiger partial charge >= 0.3 is 0 Å². The van der Waals surface area contributed by atoms with E-state index in [4.69, 9.17) is 46.4 Å². The molecule has 2 amide bonds. The molecule has 0 aliphatic rings. The molecule has 0 aromatic heterocycles. The highest BCUT2D eigenvalue weighted by atomic mass is 35.5. The van der Waals surface area contributed by atoms with Gasteiger partial charge in [0.2, 0.25) is 21.8 Å². The summed E-state index contributed by atoms with van der Waals surface area (Å²) >= 11 is 24.8. The van der Waals surface area contributed by atoms with Gasteiger partial charge in [-0.05, 0) is 50.6 Å². The molecule has 0 radical (unpaired) electrons. The zero-order chi connectivity index (χ0) is 26.5. The third-order valence-electron chi connectivity index (χ3n) is 5.37. The fourth-order valence-electron chi connectivity index (χ4n) is 3.20. The Morgan fingerprint density at radius 1 is 1.00 bits per heavy atom. The molecule has 7 nitrogen and oxygen atoms in total. The monoisotopic (exact) mass is 581 g/mol. The first kappa shape index (κ1) is 29.5. The number of rotatable bonds is 10. The number of amides is 2. The maximum atomic E-state index is 13.6. The minimum absolute atomic E-state index is 0.111. The lowest BCUT2D eigenvalue weighted by Crippen LogP contribution is -2.52. The average Bonchev–Trinajstić information content (AvgIpc) is 2.75. The lowest BCUT2D eigenvalue weighted by atomic mass is 10.1. The normalized spacial score (nSPS) is 13.1. The highest BCUT2D eigenvalue weighted by Crippen LogP contribution is 2.29. The molecule has 0 fully saturated rings. The van der Waals surface area contributed by atoms with E-state index in [1.807, 2.05) is 13.8 Å². The number of nitrogens with one attached hydrogen (secondary N) is 1. The van der Waals surface area contributed by atoms with Gasteiger partial charge in [-0.2, -0.15) is 0 Å². The lowest BCUT2D eigenvalue weighted by Gasteiger charge is -2.32. The summed E-state index contributed by atoms with van der Waals surface area (Å²) in [7, 11) is -3.92. The van der Waals surface area contributed by atoms with Crippen LogP contribution >= 0.6 is 46.4 Å². The van der Waals surface area contributed by atoms with Gasteiger partial charge in [-0.25, -0.2) is 8.42 Å². The Labute approximate surface area is 226 Å². The van der Waals surface area contributed by atoms with Crippen molar-refractivity contribution in [3.8, 4) is 0 Å². The van der Waals surface area contributed by atoms with Gasteiger partial charge in [-0.1, -0.05) is 59.4 Å². The second-order valence-corrected chi connectivity index (χ2v) is 11.7. The quantitative estimate of drug-likeness (QED) is 0.406. The fourth-order valence-corrected chi connectivity index (χ4v) is 5.06. The molecule has 0 heterocycles. The van der Waals surface area contributed by atoms with Crippen LogP contribution in [0.4, 0.5) is 5.69 Å². The molecule has 0 aliphatic heterocycles. The number of hydrogen-bond acceptors (Lipinski definition) is 4. The third-order valence-corrected chi connectivity index (χ3v) is 7.66. The van der Waals surface area contributed by atoms with E-state index in [-0.39, 0.29) is 28.3 Å². The predicted molar refractivity (Wildman–Crippen MR) is 143 cm³/mol. The molecule has 35 heavy (non-hydrogen) atoms. The van der Waals surface area contributed by atoms with Crippen molar-refractivity contribution in [1.29, 1.82) is 0 Å². The molecular weight excluding hydrogens is 556 g/mol. The van der Waals surface area contributed by atoms with Crippen LogP contribution in [-0.2, 0) is 26.2 Å². The largest absolute Gasteiger partial charge is 0.352 e. The summed E-state index contributed by atoms with van der Waals surface area (Å²) in [4.78, 5) is 27.7. The van der Waals surface area contributed by atoms with Crippen molar-refractivity contribution in [1.82, 2.24) is 10.2 Å². The smallest absolute Gasteiger partial charge is 0.244 e. The molecule has 2 unspecified atom stereocenters. The van der Waals surface area contributed by atoms with Crippen LogP contribution in [0.5, 0.6) is 0 Å². The van der Waals surface area contributed by atoms with Crippen LogP contribution in [0.3, 0.4) is 0 Å². The van der Waals surface area contributed by atoms with Gasteiger partial charge in [0.1, 0.15) is 12.6 Å². The summed E-state index contributed by atoms with van der Waals surface area (Å²) in [5, 5.41) is 3.87. The highest BCUT2D eigenvalue weighted by Gasteiger charge is 2.31. The van der Waals surface area contributed by atoms with E-state index in [1.165, 1.54) is 23.1 Å². The van der Waals surface area contributed by atoms with Gasteiger partial charge in [-0.3, -0.25) is 13.9 Å². The summed E-state index contributed by atoms with van der Waals surface area (Å²) < 4.78 is 26.1. The highest BCUT2D eigenvalue weighted by molar-refractivity contribution is 7.92. The number of anilines is 1. The van der Waals surface area contributed by atoms with E-state index in [2.05, 4.69) is 5.32 Å². The molecule has 0 saturated heterocycles. The second-order valence-electron chi connectivity index (χ2n) is 8.11. The van der Waals surface area contributed by atoms with Crippen molar-refractivity contribution >= 4 is 73.9 Å². The SMILES string of the molecule is CCC(C)NC(=O)C(C)N(Cc1c(Cl)cccc1Cl)C(=O)CN(c1cc(Cl)cc(Cl)c1)S(C)(=O)=O. The first-order chi connectivity index (χ1) is 16.2. The van der Waals surface area contributed by atoms with Crippen LogP contribution in [0.2, 0.25) is 20.1 Å². The second kappa shape index (κ2) is 12.5. The number of halogens is 4. The molecule has 0 aliphatic carbocycles. The van der Waals surface area contributed by atoms with Crippen LogP contribution < -0.4 is 9.62 Å². The summed E-state index contributed by atoms with van der Waals surface area (Å²) in [6.07, 6.45) is 1.66. The van der Waals surface area contributed by atoms with Crippen molar-refractivity contribution in [3.05, 3.63) is 62.1 Å². The molecule has 2 aromatic rings. The van der Waals surface area contributed by atoms with E-state index in [1.54, 1.807) is 25.1 Å². The zero-order valence-electron chi connectivity index (χ0n) is 19.7. The molecule has 12 heteroatoms. The molecule has 0 saturated carbocycles. The predicted octanol–water partition coefficient (Wildman–Crippen LogP) is 5.40. The maximum absolute atomic E-state index is 13.6. The van der Waals surface area contributed by atoms with E-state index in [0.717, 1.165) is 10.6 Å². The van der Waals surface area contributed by atoms with Crippen LogP contribution in [0, 0.1) is 0 Å². The summed E-state index contributed by atoms with van der Waals surface area (Å²) in [6.45, 7) is 4.61. The Balaban J connectivity index is 2.48. The first-order valence-electron chi connectivity index (χ1n) is 10.7. The number of carbonyl (C=O) groups excluding carboxylic acids is 2. The van der Waals surface area contributed by atoms with Crippen molar-refractivity contribution in [2.45, 2.75) is 45.8 Å². The van der Waals surface area contributed by atoms with Crippen molar-refractivity contribution in [2.24, 2.45) is 0 Å². The van der Waals surface area contributed by atoms with Gasteiger partial charge in [0.25, 0.3) is 0 Å². The Bertz CT molecular complexity index is 1150. The molecule has 1 N–H and O–H groups in total. The number of nitrogens with zero attached hydrogens (tertiary/aromatic N) is 2. The van der Waals surface area contributed by atoms with Gasteiger partial charge in [0.15, 0.2) is 0 Å². The standard InChI is InChI=1S/C23H27Cl4N3O4S/c1-5-14(2)28-23(32)15(3)29(12-19-20(26)7-6-8-21(19)27)22(31)13-30(35(4,33)34)18-10-16(24)9-17(25)11-18/h6-11,14-15H,5,12-13H2,1-4H3,(H,28,32). The third kappa shape index (κ3) is 8.15. The van der Waals surface area contributed by atoms with Crippen LogP contribution in [0.25, 0.3) is 0 Å². The Hall–Kier alpha value is -1.71. The van der Waals surface area contributed by atoms with Crippen molar-refractivity contribution < 1.29 is 18.0 Å². The average molecular weight is 583 g/mol. The zero-order valence-corrected chi connectivity index (χ0v) is 23.5. The van der Waals surface area contributed by atoms with Gasteiger partial charge in [0, 0.05) is 38.2 Å². The minimum Gasteiger partial charge on any atom is -0.352 e. The first-order valence-corrected chi connectivity index (χ1v) is 14.1. The van der Waals surface area contributed by atoms with E-state index >= 15 is 0 Å². The molecule has 2 atom stereocenters.